The van der Waals surface area contributed by atoms with Gasteiger partial charge in [0.15, 0.2) is 17.4 Å². The summed E-state index contributed by atoms with van der Waals surface area (Å²) in [5.41, 5.74) is 3.82. The maximum Gasteiger partial charge on any atom is 1.00 e. The van der Waals surface area contributed by atoms with E-state index >= 15 is 0 Å². The van der Waals surface area contributed by atoms with Gasteiger partial charge in [-0.25, -0.2) is 9.36 Å². The van der Waals surface area contributed by atoms with Crippen LogP contribution in [0.1, 0.15) is 19.6 Å². The minimum absolute atomic E-state index is 0. The number of ether oxygens (including phenoxy) is 1. The first kappa shape index (κ1) is 27.2. The van der Waals surface area contributed by atoms with Crippen LogP contribution < -0.4 is 64.5 Å². The van der Waals surface area contributed by atoms with Gasteiger partial charge in [-0.1, -0.05) is 6.92 Å². The molecule has 0 aromatic carbocycles. The van der Waals surface area contributed by atoms with Crippen LogP contribution in [0, 0.1) is 0 Å². The summed E-state index contributed by atoms with van der Waals surface area (Å²) in [5, 5.41) is 20.4. The molecule has 0 saturated carbocycles. The van der Waals surface area contributed by atoms with E-state index in [1.54, 1.807) is 6.92 Å². The molecule has 156 valence electrons. The number of fused-ring (bicyclic) bond motifs is 1. The molecule has 2 unspecified atom stereocenters. The van der Waals surface area contributed by atoms with E-state index in [4.69, 9.17) is 10.5 Å². The molecule has 30 heavy (non-hydrogen) atoms. The SMILES string of the molecule is CCCn1c(=O)n(C2OC(COP(=O)([O-])[O-])[C@@H](O)[C@H]2O)c2nc(N)[nH]c(=O)c21.[Li+].[Li+]. The zero-order valence-electron chi connectivity index (χ0n) is 16.5. The fraction of sp³-hybridized carbons (Fsp3) is 0.615. The number of nitrogens with one attached hydrogen (secondary N) is 1. The second kappa shape index (κ2) is 10.2. The van der Waals surface area contributed by atoms with Crippen molar-refractivity contribution in [2.75, 3.05) is 12.3 Å². The number of nitrogens with two attached hydrogens (primary N) is 1. The van der Waals surface area contributed by atoms with Crippen LogP contribution >= 0.6 is 7.82 Å². The number of nitrogen functional groups attached to an aromatic ring is 1. The number of aromatic nitrogens is 4. The Bertz CT molecular complexity index is 1050. The van der Waals surface area contributed by atoms with Gasteiger partial charge >= 0.3 is 43.4 Å². The summed E-state index contributed by atoms with van der Waals surface area (Å²) < 4.78 is 22.0. The Morgan fingerprint density at radius 1 is 1.30 bits per heavy atom. The van der Waals surface area contributed by atoms with Crippen molar-refractivity contribution >= 4 is 24.9 Å². The molecule has 5 N–H and O–H groups in total. The predicted octanol–water partition coefficient (Wildman–Crippen LogP) is -9.65. The third-order valence-electron chi connectivity index (χ3n) is 4.27. The molecule has 1 fully saturated rings. The first-order valence-corrected chi connectivity index (χ1v) is 9.70. The molecule has 0 bridgehead atoms. The van der Waals surface area contributed by atoms with Crippen molar-refractivity contribution in [3.05, 3.63) is 20.8 Å². The number of hydrogen-bond acceptors (Lipinski definition) is 11. The first-order chi connectivity index (χ1) is 13.0. The predicted molar refractivity (Wildman–Crippen MR) is 88.8 cm³/mol. The molecule has 1 aliphatic rings. The van der Waals surface area contributed by atoms with Gasteiger partial charge in [0.2, 0.25) is 5.95 Å². The van der Waals surface area contributed by atoms with Crippen molar-refractivity contribution < 1.29 is 71.5 Å². The van der Waals surface area contributed by atoms with E-state index in [9.17, 15) is 34.2 Å². The van der Waals surface area contributed by atoms with Gasteiger partial charge in [-0.3, -0.25) is 14.3 Å². The molecule has 0 aliphatic carbocycles. The second-order valence-electron chi connectivity index (χ2n) is 6.22. The molecule has 1 aliphatic heterocycles. The monoisotopic (exact) mass is 433 g/mol. The Morgan fingerprint density at radius 3 is 2.50 bits per heavy atom. The van der Waals surface area contributed by atoms with Crippen LogP contribution in [-0.4, -0.2) is 54.2 Å². The number of anilines is 1. The zero-order valence-corrected chi connectivity index (χ0v) is 17.4. The van der Waals surface area contributed by atoms with Gasteiger partial charge in [0.05, 0.1) is 14.4 Å². The molecule has 2 aromatic rings. The average molecular weight is 433 g/mol. The van der Waals surface area contributed by atoms with Crippen LogP contribution in [0.2, 0.25) is 0 Å². The van der Waals surface area contributed by atoms with E-state index in [1.165, 1.54) is 0 Å². The number of imidazole rings is 1. The van der Waals surface area contributed by atoms with Crippen molar-refractivity contribution in [1.29, 1.82) is 0 Å². The summed E-state index contributed by atoms with van der Waals surface area (Å²) in [6.07, 6.45) is -5.83. The number of phosphoric ester groups is 1. The smallest absolute Gasteiger partial charge is 0.790 e. The molecule has 0 spiro atoms. The van der Waals surface area contributed by atoms with Gasteiger partial charge < -0.3 is 39.6 Å². The number of rotatable bonds is 6. The number of aliphatic hydroxyl groups is 2. The van der Waals surface area contributed by atoms with E-state index in [0.717, 1.165) is 9.13 Å². The fourth-order valence-corrected chi connectivity index (χ4v) is 3.43. The number of hydrogen-bond donors (Lipinski definition) is 4. The van der Waals surface area contributed by atoms with Crippen molar-refractivity contribution in [3.63, 3.8) is 0 Å². The number of aliphatic hydroxyl groups excluding tert-OH is 2. The van der Waals surface area contributed by atoms with Gasteiger partial charge in [0, 0.05) is 6.54 Å². The van der Waals surface area contributed by atoms with Crippen LogP contribution in [0.3, 0.4) is 0 Å². The zero-order chi connectivity index (χ0) is 20.8. The van der Waals surface area contributed by atoms with Gasteiger partial charge in [-0.2, -0.15) is 4.98 Å². The quantitative estimate of drug-likeness (QED) is 0.247. The Morgan fingerprint density at radius 2 is 1.93 bits per heavy atom. The summed E-state index contributed by atoms with van der Waals surface area (Å²) in [5.74, 6) is -0.286. The van der Waals surface area contributed by atoms with E-state index < -0.39 is 50.2 Å². The van der Waals surface area contributed by atoms with Crippen molar-refractivity contribution in [3.8, 4) is 0 Å². The Hall–Kier alpha value is -0.865. The molecule has 4 atom stereocenters. The molecule has 3 heterocycles. The normalized spacial score (nSPS) is 23.9. The minimum atomic E-state index is -5.34. The third-order valence-corrected chi connectivity index (χ3v) is 4.73. The molecule has 2 aromatic heterocycles. The Kier molecular flexibility index (Phi) is 9.21. The molecule has 0 radical (unpaired) electrons. The minimum Gasteiger partial charge on any atom is -0.790 e. The van der Waals surface area contributed by atoms with Gasteiger partial charge in [0.25, 0.3) is 5.56 Å². The van der Waals surface area contributed by atoms with E-state index in [0.29, 0.717) is 6.42 Å². The van der Waals surface area contributed by atoms with Gasteiger partial charge in [-0.05, 0) is 6.42 Å². The van der Waals surface area contributed by atoms with Crippen molar-refractivity contribution in [1.82, 2.24) is 19.1 Å². The third kappa shape index (κ3) is 5.13. The fourth-order valence-electron chi connectivity index (χ4n) is 3.10. The Labute approximate surface area is 193 Å². The van der Waals surface area contributed by atoms with E-state index in [-0.39, 0.29) is 61.4 Å². The molecule has 17 heteroatoms. The maximum absolute atomic E-state index is 12.8. The van der Waals surface area contributed by atoms with Gasteiger partial charge in [0.1, 0.15) is 18.3 Å². The Balaban J connectivity index is 0.00000225. The maximum atomic E-state index is 12.8. The number of aryl methyl sites for hydroxylation is 1. The topological polar surface area (TPSA) is 221 Å². The molecule has 0 amide bonds. The molecular weight excluding hydrogens is 415 g/mol. The molecule has 3 rings (SSSR count). The van der Waals surface area contributed by atoms with E-state index in [1.807, 2.05) is 0 Å². The van der Waals surface area contributed by atoms with Crippen molar-refractivity contribution in [2.45, 2.75) is 44.4 Å². The summed E-state index contributed by atoms with van der Waals surface area (Å²) in [7, 11) is -5.34. The molecule has 14 nitrogen and oxygen atoms in total. The van der Waals surface area contributed by atoms with Crippen LogP contribution in [0.4, 0.5) is 5.95 Å². The number of phosphoric acid groups is 1. The number of aromatic amines is 1. The molecular formula is C13H18Li2N5O9P. The van der Waals surface area contributed by atoms with E-state index in [2.05, 4.69) is 14.5 Å². The van der Waals surface area contributed by atoms with Crippen LogP contribution in [0.5, 0.6) is 0 Å². The summed E-state index contributed by atoms with van der Waals surface area (Å²) in [6, 6.07) is 0. The number of H-pyrrole nitrogens is 1. The summed E-state index contributed by atoms with van der Waals surface area (Å²) >= 11 is 0. The van der Waals surface area contributed by atoms with Gasteiger partial charge in [-0.15, -0.1) is 0 Å². The number of nitrogens with zero attached hydrogens (tertiary/aromatic N) is 3. The first-order valence-electron chi connectivity index (χ1n) is 8.24. The average Bonchev–Trinajstić information content (AvgIpc) is 3.01. The van der Waals surface area contributed by atoms with Crippen molar-refractivity contribution in [2.24, 2.45) is 0 Å². The van der Waals surface area contributed by atoms with Crippen LogP contribution in [-0.2, 0) is 20.4 Å². The molecule has 1 saturated heterocycles. The van der Waals surface area contributed by atoms with Crippen LogP contribution in [0.25, 0.3) is 11.2 Å². The van der Waals surface area contributed by atoms with Crippen LogP contribution in [0.15, 0.2) is 9.59 Å². The summed E-state index contributed by atoms with van der Waals surface area (Å²) in [6.45, 7) is 1.07. The summed E-state index contributed by atoms with van der Waals surface area (Å²) in [4.78, 5) is 52.6. The largest absolute Gasteiger partial charge is 1.00 e. The standard InChI is InChI=1S/C13H20N5O9P.2Li/c1-2-3-17-6-9(15-12(14)16-10(6)21)18(13(17)22)11-8(20)7(19)5(27-11)4-26-28(23,24)25;;/h5,7-8,11,19-20H,2-4H2,1H3,(H2,23,24,25)(H3,14,15,16,21);;/q;2*+1/p-2/t5?,7-,8-,11?;;/m1../s1. The second-order valence-corrected chi connectivity index (χ2v) is 7.37.